The standard InChI is InChI=1S/C24H17ClN2O3/c1-14-10-19-17(11-18(14)25)22(28)20-21(16-7-3-2-4-8-16)27(24(29)23(20)30-19)13-15-6-5-9-26-12-15/h2-12,21H,13H2,1H3. The highest BCUT2D eigenvalue weighted by molar-refractivity contribution is 6.32. The van der Waals surface area contributed by atoms with Gasteiger partial charge in [-0.15, -0.1) is 0 Å². The molecule has 2 aromatic heterocycles. The van der Waals surface area contributed by atoms with E-state index in [1.807, 2.05) is 49.4 Å². The monoisotopic (exact) mass is 416 g/mol. The second kappa shape index (κ2) is 7.11. The Morgan fingerprint density at radius 3 is 2.63 bits per heavy atom. The van der Waals surface area contributed by atoms with Gasteiger partial charge in [-0.05, 0) is 41.8 Å². The van der Waals surface area contributed by atoms with Crippen LogP contribution in [0.25, 0.3) is 11.0 Å². The molecule has 0 saturated carbocycles. The number of aryl methyl sites for hydroxylation is 1. The molecule has 0 aliphatic carbocycles. The third kappa shape index (κ3) is 2.90. The number of nitrogens with zero attached hydrogens (tertiary/aromatic N) is 2. The Morgan fingerprint density at radius 1 is 1.10 bits per heavy atom. The first-order valence-electron chi connectivity index (χ1n) is 9.56. The fraction of sp³-hybridized carbons (Fsp3) is 0.125. The van der Waals surface area contributed by atoms with Crippen molar-refractivity contribution in [3.63, 3.8) is 0 Å². The Balaban J connectivity index is 1.75. The summed E-state index contributed by atoms with van der Waals surface area (Å²) in [5, 5.41) is 0.865. The van der Waals surface area contributed by atoms with Crippen molar-refractivity contribution >= 4 is 28.5 Å². The average molecular weight is 417 g/mol. The molecule has 1 amide bonds. The zero-order valence-electron chi connectivity index (χ0n) is 16.1. The first kappa shape index (κ1) is 18.6. The second-order valence-corrected chi connectivity index (χ2v) is 7.79. The molecule has 0 saturated heterocycles. The van der Waals surface area contributed by atoms with Crippen LogP contribution < -0.4 is 5.43 Å². The Bertz CT molecular complexity index is 1330. The maximum absolute atomic E-state index is 13.5. The van der Waals surface area contributed by atoms with Crippen molar-refractivity contribution in [1.82, 2.24) is 9.88 Å². The lowest BCUT2D eigenvalue weighted by molar-refractivity contribution is 0.0714. The van der Waals surface area contributed by atoms with Crippen LogP contribution in [-0.4, -0.2) is 15.8 Å². The maximum atomic E-state index is 13.5. The number of amides is 1. The molecule has 6 heteroatoms. The van der Waals surface area contributed by atoms with Gasteiger partial charge in [0, 0.05) is 24.0 Å². The topological polar surface area (TPSA) is 63.4 Å². The minimum absolute atomic E-state index is 0.0898. The summed E-state index contributed by atoms with van der Waals surface area (Å²) in [7, 11) is 0. The summed E-state index contributed by atoms with van der Waals surface area (Å²) in [6, 6.07) is 16.0. The lowest BCUT2D eigenvalue weighted by atomic mass is 9.98. The first-order valence-corrected chi connectivity index (χ1v) is 9.94. The third-order valence-corrected chi connectivity index (χ3v) is 5.85. The molecule has 0 spiro atoms. The summed E-state index contributed by atoms with van der Waals surface area (Å²) in [5.41, 5.74) is 2.98. The summed E-state index contributed by atoms with van der Waals surface area (Å²) in [4.78, 5) is 32.7. The molecule has 0 bridgehead atoms. The smallest absolute Gasteiger partial charge is 0.291 e. The number of hydrogen-bond donors (Lipinski definition) is 0. The number of fused-ring (bicyclic) bond motifs is 2. The Hall–Kier alpha value is -3.44. The lowest BCUT2D eigenvalue weighted by Crippen LogP contribution is -2.29. The van der Waals surface area contributed by atoms with Crippen molar-refractivity contribution in [2.24, 2.45) is 0 Å². The van der Waals surface area contributed by atoms with Crippen molar-refractivity contribution in [3.8, 4) is 0 Å². The van der Waals surface area contributed by atoms with Gasteiger partial charge in [-0.3, -0.25) is 14.6 Å². The molecule has 3 heterocycles. The minimum atomic E-state index is -0.547. The van der Waals surface area contributed by atoms with Crippen LogP contribution in [0.4, 0.5) is 0 Å². The number of carbonyl (C=O) groups excluding carboxylic acids is 1. The van der Waals surface area contributed by atoms with Crippen LogP contribution in [0.3, 0.4) is 0 Å². The quantitative estimate of drug-likeness (QED) is 0.476. The molecule has 1 aliphatic heterocycles. The fourth-order valence-corrected chi connectivity index (χ4v) is 4.14. The molecule has 1 aliphatic rings. The van der Waals surface area contributed by atoms with Gasteiger partial charge in [-0.1, -0.05) is 48.0 Å². The van der Waals surface area contributed by atoms with Crippen molar-refractivity contribution in [3.05, 3.63) is 110 Å². The molecular weight excluding hydrogens is 400 g/mol. The van der Waals surface area contributed by atoms with E-state index in [0.717, 1.165) is 16.7 Å². The highest BCUT2D eigenvalue weighted by Crippen LogP contribution is 2.39. The molecule has 0 radical (unpaired) electrons. The molecule has 5 rings (SSSR count). The van der Waals surface area contributed by atoms with Crippen molar-refractivity contribution in [2.75, 3.05) is 0 Å². The van der Waals surface area contributed by atoms with Gasteiger partial charge in [0.25, 0.3) is 5.91 Å². The van der Waals surface area contributed by atoms with E-state index in [2.05, 4.69) is 4.98 Å². The van der Waals surface area contributed by atoms with Gasteiger partial charge in [-0.2, -0.15) is 0 Å². The zero-order valence-corrected chi connectivity index (χ0v) is 16.9. The average Bonchev–Trinajstić information content (AvgIpc) is 3.03. The largest absolute Gasteiger partial charge is 0.450 e. The molecular formula is C24H17ClN2O3. The van der Waals surface area contributed by atoms with E-state index in [1.54, 1.807) is 29.4 Å². The normalized spacial score (nSPS) is 15.6. The molecule has 2 aromatic carbocycles. The number of hydrogen-bond acceptors (Lipinski definition) is 4. The van der Waals surface area contributed by atoms with Gasteiger partial charge >= 0.3 is 0 Å². The van der Waals surface area contributed by atoms with Gasteiger partial charge in [0.05, 0.1) is 17.0 Å². The van der Waals surface area contributed by atoms with Gasteiger partial charge in [0.15, 0.2) is 5.43 Å². The molecule has 4 aromatic rings. The highest BCUT2D eigenvalue weighted by atomic mass is 35.5. The van der Waals surface area contributed by atoms with E-state index in [9.17, 15) is 9.59 Å². The molecule has 0 fully saturated rings. The summed E-state index contributed by atoms with van der Waals surface area (Å²) < 4.78 is 5.99. The van der Waals surface area contributed by atoms with Gasteiger partial charge in [0.1, 0.15) is 5.58 Å². The number of carbonyl (C=O) groups is 1. The third-order valence-electron chi connectivity index (χ3n) is 5.44. The summed E-state index contributed by atoms with van der Waals surface area (Å²) in [6.07, 6.45) is 3.40. The fourth-order valence-electron chi connectivity index (χ4n) is 3.97. The Morgan fingerprint density at radius 2 is 1.90 bits per heavy atom. The van der Waals surface area contributed by atoms with E-state index in [4.69, 9.17) is 16.0 Å². The molecule has 0 N–H and O–H groups in total. The summed E-state index contributed by atoms with van der Waals surface area (Å²) in [5.74, 6) is -0.221. The number of pyridine rings is 1. The van der Waals surface area contributed by atoms with Crippen LogP contribution in [0.5, 0.6) is 0 Å². The van der Waals surface area contributed by atoms with Crippen molar-refractivity contribution in [1.29, 1.82) is 0 Å². The molecule has 148 valence electrons. The van der Waals surface area contributed by atoms with Crippen LogP contribution >= 0.6 is 11.6 Å². The predicted octanol–water partition coefficient (Wildman–Crippen LogP) is 4.90. The lowest BCUT2D eigenvalue weighted by Gasteiger charge is -2.25. The number of rotatable bonds is 3. The number of benzene rings is 2. The van der Waals surface area contributed by atoms with Gasteiger partial charge in [-0.25, -0.2) is 0 Å². The van der Waals surface area contributed by atoms with Crippen LogP contribution in [0.2, 0.25) is 5.02 Å². The van der Waals surface area contributed by atoms with E-state index in [1.165, 1.54) is 0 Å². The van der Waals surface area contributed by atoms with E-state index < -0.39 is 6.04 Å². The SMILES string of the molecule is Cc1cc2oc3c(c(=O)c2cc1Cl)C(c1ccccc1)N(Cc1cccnc1)C3=O. The molecule has 5 nitrogen and oxygen atoms in total. The molecule has 1 unspecified atom stereocenters. The van der Waals surface area contributed by atoms with E-state index in [-0.39, 0.29) is 17.1 Å². The second-order valence-electron chi connectivity index (χ2n) is 7.38. The highest BCUT2D eigenvalue weighted by Gasteiger charge is 2.42. The summed E-state index contributed by atoms with van der Waals surface area (Å²) in [6.45, 7) is 2.14. The van der Waals surface area contributed by atoms with Crippen LogP contribution in [0, 0.1) is 6.92 Å². The van der Waals surface area contributed by atoms with Crippen LogP contribution in [0.1, 0.15) is 38.9 Å². The molecule has 1 atom stereocenters. The zero-order chi connectivity index (χ0) is 20.8. The molecule has 30 heavy (non-hydrogen) atoms. The number of halogens is 1. The van der Waals surface area contributed by atoms with Crippen LogP contribution in [0.15, 0.2) is 76.2 Å². The first-order chi connectivity index (χ1) is 14.5. The Kier molecular flexibility index (Phi) is 4.40. The maximum Gasteiger partial charge on any atom is 0.291 e. The predicted molar refractivity (Wildman–Crippen MR) is 115 cm³/mol. The van der Waals surface area contributed by atoms with Crippen molar-refractivity contribution in [2.45, 2.75) is 19.5 Å². The van der Waals surface area contributed by atoms with E-state index in [0.29, 0.717) is 28.1 Å². The Labute approximate surface area is 177 Å². The van der Waals surface area contributed by atoms with Gasteiger partial charge < -0.3 is 9.32 Å². The number of aromatic nitrogens is 1. The van der Waals surface area contributed by atoms with Crippen molar-refractivity contribution < 1.29 is 9.21 Å². The van der Waals surface area contributed by atoms with Gasteiger partial charge in [0.2, 0.25) is 5.76 Å². The van der Waals surface area contributed by atoms with Crippen LogP contribution in [-0.2, 0) is 6.54 Å². The minimum Gasteiger partial charge on any atom is -0.450 e. The summed E-state index contributed by atoms with van der Waals surface area (Å²) >= 11 is 6.26. The van der Waals surface area contributed by atoms with E-state index >= 15 is 0 Å².